The Bertz CT molecular complexity index is 632. The summed E-state index contributed by atoms with van der Waals surface area (Å²) < 4.78 is 31.6. The lowest BCUT2D eigenvalue weighted by atomic mass is 9.97. The first-order valence-corrected chi connectivity index (χ1v) is 6.59. The first-order valence-electron chi connectivity index (χ1n) is 6.59. The van der Waals surface area contributed by atoms with Gasteiger partial charge in [0.15, 0.2) is 11.6 Å². The minimum Gasteiger partial charge on any atom is -0.496 e. The summed E-state index contributed by atoms with van der Waals surface area (Å²) >= 11 is 0. The van der Waals surface area contributed by atoms with E-state index in [1.54, 1.807) is 13.2 Å². The van der Waals surface area contributed by atoms with Crippen LogP contribution in [0.3, 0.4) is 0 Å². The van der Waals surface area contributed by atoms with E-state index in [1.807, 2.05) is 25.1 Å². The van der Waals surface area contributed by atoms with Crippen LogP contribution < -0.4 is 16.0 Å². The first kappa shape index (κ1) is 15.4. The fourth-order valence-electron chi connectivity index (χ4n) is 2.29. The number of halogens is 2. The normalized spacial score (nSPS) is 12.2. The molecule has 0 aromatic heterocycles. The highest BCUT2D eigenvalue weighted by atomic mass is 19.2. The highest BCUT2D eigenvalue weighted by Gasteiger charge is 2.16. The molecule has 2 rings (SSSR count). The molecule has 0 radical (unpaired) electrons. The van der Waals surface area contributed by atoms with E-state index >= 15 is 0 Å². The van der Waals surface area contributed by atoms with Crippen molar-refractivity contribution in [2.75, 3.05) is 7.11 Å². The number of rotatable bonds is 5. The van der Waals surface area contributed by atoms with Crippen LogP contribution in [0.2, 0.25) is 0 Å². The van der Waals surface area contributed by atoms with Gasteiger partial charge in [-0.3, -0.25) is 11.3 Å². The lowest BCUT2D eigenvalue weighted by Crippen LogP contribution is -2.30. The summed E-state index contributed by atoms with van der Waals surface area (Å²) in [7, 11) is 1.58. The standard InChI is InChI=1S/C16H18F2N2O/c1-10-3-6-16(21-2)12(7-10)15(20-19)9-11-4-5-13(17)14(18)8-11/h3-8,15,20H,9,19H2,1-2H3. The fourth-order valence-corrected chi connectivity index (χ4v) is 2.29. The zero-order chi connectivity index (χ0) is 15.4. The number of ether oxygens (including phenoxy) is 1. The van der Waals surface area contributed by atoms with E-state index in [1.165, 1.54) is 6.07 Å². The van der Waals surface area contributed by atoms with Gasteiger partial charge in [-0.05, 0) is 37.1 Å². The molecular weight excluding hydrogens is 274 g/mol. The molecule has 0 heterocycles. The van der Waals surface area contributed by atoms with Crippen molar-refractivity contribution in [3.8, 4) is 5.75 Å². The van der Waals surface area contributed by atoms with Crippen molar-refractivity contribution in [3.63, 3.8) is 0 Å². The molecule has 0 saturated carbocycles. The van der Waals surface area contributed by atoms with Crippen molar-refractivity contribution in [1.82, 2.24) is 5.43 Å². The second kappa shape index (κ2) is 6.65. The average molecular weight is 292 g/mol. The van der Waals surface area contributed by atoms with Crippen LogP contribution in [0, 0.1) is 18.6 Å². The third-order valence-electron chi connectivity index (χ3n) is 3.39. The van der Waals surface area contributed by atoms with Gasteiger partial charge in [-0.2, -0.15) is 0 Å². The van der Waals surface area contributed by atoms with Crippen molar-refractivity contribution in [1.29, 1.82) is 0 Å². The smallest absolute Gasteiger partial charge is 0.159 e. The molecule has 2 aromatic rings. The van der Waals surface area contributed by atoms with Gasteiger partial charge >= 0.3 is 0 Å². The Morgan fingerprint density at radius 3 is 2.52 bits per heavy atom. The summed E-state index contributed by atoms with van der Waals surface area (Å²) in [5.41, 5.74) is 5.31. The van der Waals surface area contributed by atoms with E-state index < -0.39 is 11.6 Å². The van der Waals surface area contributed by atoms with Crippen molar-refractivity contribution >= 4 is 0 Å². The Balaban J connectivity index is 2.31. The summed E-state index contributed by atoms with van der Waals surface area (Å²) in [6.07, 6.45) is 0.424. The molecule has 0 saturated heterocycles. The van der Waals surface area contributed by atoms with Gasteiger partial charge in [0.1, 0.15) is 5.75 Å². The number of hydrogen-bond acceptors (Lipinski definition) is 3. The van der Waals surface area contributed by atoms with Crippen LogP contribution >= 0.6 is 0 Å². The number of hydrogen-bond donors (Lipinski definition) is 2. The Labute approximate surface area is 122 Å². The monoisotopic (exact) mass is 292 g/mol. The molecule has 0 aliphatic heterocycles. The molecule has 21 heavy (non-hydrogen) atoms. The van der Waals surface area contributed by atoms with Crippen molar-refractivity contribution in [2.45, 2.75) is 19.4 Å². The molecule has 0 bridgehead atoms. The number of hydrazine groups is 1. The van der Waals surface area contributed by atoms with Gasteiger partial charge in [0.25, 0.3) is 0 Å². The van der Waals surface area contributed by atoms with Crippen molar-refractivity contribution in [2.24, 2.45) is 5.84 Å². The second-order valence-corrected chi connectivity index (χ2v) is 4.92. The molecule has 1 unspecified atom stereocenters. The maximum absolute atomic E-state index is 13.3. The predicted octanol–water partition coefficient (Wildman–Crippen LogP) is 3.03. The van der Waals surface area contributed by atoms with Crippen LogP contribution in [0.1, 0.15) is 22.7 Å². The van der Waals surface area contributed by atoms with E-state index in [-0.39, 0.29) is 6.04 Å². The van der Waals surface area contributed by atoms with Gasteiger partial charge in [0, 0.05) is 5.56 Å². The number of benzene rings is 2. The molecule has 0 spiro atoms. The summed E-state index contributed by atoms with van der Waals surface area (Å²) in [5, 5.41) is 0. The minimum atomic E-state index is -0.862. The third-order valence-corrected chi connectivity index (χ3v) is 3.39. The van der Waals surface area contributed by atoms with Crippen molar-refractivity contribution < 1.29 is 13.5 Å². The molecule has 0 aliphatic carbocycles. The molecule has 1 atom stereocenters. The Hall–Kier alpha value is -1.98. The van der Waals surface area contributed by atoms with E-state index in [2.05, 4.69) is 5.43 Å². The lowest BCUT2D eigenvalue weighted by molar-refractivity contribution is 0.398. The molecular formula is C16H18F2N2O. The van der Waals surface area contributed by atoms with Gasteiger partial charge in [-0.1, -0.05) is 23.8 Å². The minimum absolute atomic E-state index is 0.260. The Kier molecular flexibility index (Phi) is 4.88. The van der Waals surface area contributed by atoms with E-state index in [9.17, 15) is 8.78 Å². The highest BCUT2D eigenvalue weighted by molar-refractivity contribution is 5.40. The third kappa shape index (κ3) is 3.56. The first-order chi connectivity index (χ1) is 10.0. The van der Waals surface area contributed by atoms with Gasteiger partial charge < -0.3 is 4.74 Å². The van der Waals surface area contributed by atoms with E-state index in [0.717, 1.165) is 17.2 Å². The van der Waals surface area contributed by atoms with Crippen molar-refractivity contribution in [3.05, 3.63) is 64.7 Å². The van der Waals surface area contributed by atoms with Crippen LogP contribution in [0.5, 0.6) is 5.75 Å². The summed E-state index contributed by atoms with van der Waals surface area (Å²) in [5.74, 6) is 4.60. The van der Waals surface area contributed by atoms with Crippen LogP contribution in [-0.4, -0.2) is 7.11 Å². The maximum Gasteiger partial charge on any atom is 0.159 e. The van der Waals surface area contributed by atoms with E-state index in [4.69, 9.17) is 10.6 Å². The van der Waals surface area contributed by atoms with Crippen LogP contribution in [-0.2, 0) is 6.42 Å². The average Bonchev–Trinajstić information content (AvgIpc) is 2.48. The topological polar surface area (TPSA) is 47.3 Å². The largest absolute Gasteiger partial charge is 0.496 e. The fraction of sp³-hybridized carbons (Fsp3) is 0.250. The zero-order valence-electron chi connectivity index (χ0n) is 12.0. The van der Waals surface area contributed by atoms with Crippen LogP contribution in [0.4, 0.5) is 8.78 Å². The molecule has 3 N–H and O–H groups in total. The van der Waals surface area contributed by atoms with Gasteiger partial charge in [0.05, 0.1) is 13.2 Å². The maximum atomic E-state index is 13.3. The van der Waals surface area contributed by atoms with Gasteiger partial charge in [-0.15, -0.1) is 0 Å². The summed E-state index contributed by atoms with van der Waals surface area (Å²) in [6.45, 7) is 1.97. The molecule has 0 amide bonds. The highest BCUT2D eigenvalue weighted by Crippen LogP contribution is 2.28. The van der Waals surface area contributed by atoms with Gasteiger partial charge in [-0.25, -0.2) is 8.78 Å². The molecule has 0 aliphatic rings. The summed E-state index contributed by atoms with van der Waals surface area (Å²) in [6, 6.07) is 9.35. The quantitative estimate of drug-likeness (QED) is 0.658. The molecule has 0 fully saturated rings. The van der Waals surface area contributed by atoms with Crippen LogP contribution in [0.25, 0.3) is 0 Å². The van der Waals surface area contributed by atoms with Crippen LogP contribution in [0.15, 0.2) is 36.4 Å². The number of aryl methyl sites for hydroxylation is 1. The number of nitrogens with two attached hydrogens (primary N) is 1. The number of methoxy groups -OCH3 is 1. The summed E-state index contributed by atoms with van der Waals surface area (Å²) in [4.78, 5) is 0. The Morgan fingerprint density at radius 1 is 1.14 bits per heavy atom. The van der Waals surface area contributed by atoms with E-state index in [0.29, 0.717) is 17.7 Å². The SMILES string of the molecule is COc1ccc(C)cc1C(Cc1ccc(F)c(F)c1)NN. The van der Waals surface area contributed by atoms with Gasteiger partial charge in [0.2, 0.25) is 0 Å². The number of nitrogens with one attached hydrogen (secondary N) is 1. The molecule has 5 heteroatoms. The molecule has 3 nitrogen and oxygen atoms in total. The molecule has 112 valence electrons. The lowest BCUT2D eigenvalue weighted by Gasteiger charge is -2.20. The second-order valence-electron chi connectivity index (χ2n) is 4.92. The zero-order valence-corrected chi connectivity index (χ0v) is 12.0. The predicted molar refractivity (Wildman–Crippen MR) is 77.9 cm³/mol. The Morgan fingerprint density at radius 2 is 1.90 bits per heavy atom. The molecule has 2 aromatic carbocycles.